The molecule has 1 N–H and O–H groups in total. The lowest BCUT2D eigenvalue weighted by Gasteiger charge is -2.16. The summed E-state index contributed by atoms with van der Waals surface area (Å²) in [5.41, 5.74) is 3.46. The highest BCUT2D eigenvalue weighted by Crippen LogP contribution is 2.18. The van der Waals surface area contributed by atoms with Crippen LogP contribution in [0.3, 0.4) is 0 Å². The fourth-order valence-electron chi connectivity index (χ4n) is 2.23. The molecule has 2 aliphatic heterocycles. The average Bonchev–Trinajstić information content (AvgIpc) is 3.02. The molecule has 0 unspecified atom stereocenters. The monoisotopic (exact) mass is 311 g/mol. The molecule has 7 heteroatoms. The van der Waals surface area contributed by atoms with Crippen molar-refractivity contribution in [1.29, 1.82) is 0 Å². The zero-order chi connectivity index (χ0) is 14.7. The van der Waals surface area contributed by atoms with Crippen molar-refractivity contribution >= 4 is 22.6 Å². The Morgan fingerprint density at radius 3 is 3.05 bits per heavy atom. The Bertz CT molecular complexity index is 586. The number of thioether (sulfide) groups is 1. The lowest BCUT2D eigenvalue weighted by molar-refractivity contribution is 0.118. The summed E-state index contributed by atoms with van der Waals surface area (Å²) in [7, 11) is 0. The first kappa shape index (κ1) is 14.5. The van der Waals surface area contributed by atoms with Gasteiger partial charge in [0.05, 0.1) is 18.4 Å². The van der Waals surface area contributed by atoms with Crippen LogP contribution in [0.15, 0.2) is 28.3 Å². The summed E-state index contributed by atoms with van der Waals surface area (Å²) < 4.78 is 32.4. The molecule has 3 rings (SSSR count). The second-order valence-corrected chi connectivity index (χ2v) is 5.83. The van der Waals surface area contributed by atoms with Crippen LogP contribution in [0, 0.1) is 11.6 Å². The molecule has 1 aromatic carbocycles. The largest absolute Gasteiger partial charge is 0.376 e. The highest BCUT2D eigenvalue weighted by atomic mass is 32.2. The molecule has 1 aromatic rings. The number of halogens is 2. The van der Waals surface area contributed by atoms with Gasteiger partial charge in [0, 0.05) is 17.9 Å². The summed E-state index contributed by atoms with van der Waals surface area (Å²) >= 11 is 1.43. The predicted molar refractivity (Wildman–Crippen MR) is 79.8 cm³/mol. The van der Waals surface area contributed by atoms with Gasteiger partial charge in [-0.2, -0.15) is 5.10 Å². The van der Waals surface area contributed by atoms with Crippen LogP contribution in [0.1, 0.15) is 18.4 Å². The predicted octanol–water partition coefficient (Wildman–Crippen LogP) is 2.54. The number of ether oxygens (including phenoxy) is 1. The van der Waals surface area contributed by atoms with Crippen LogP contribution in [-0.4, -0.2) is 35.9 Å². The molecule has 112 valence electrons. The second kappa shape index (κ2) is 6.53. The number of aliphatic imine (C=N–C) groups is 1. The molecule has 1 atom stereocenters. The summed E-state index contributed by atoms with van der Waals surface area (Å²) in [6.07, 6.45) is 2.30. The highest BCUT2D eigenvalue weighted by Gasteiger charge is 2.18. The van der Waals surface area contributed by atoms with Crippen LogP contribution in [0.25, 0.3) is 0 Å². The van der Waals surface area contributed by atoms with Gasteiger partial charge in [-0.05, 0) is 31.0 Å². The third kappa shape index (κ3) is 3.59. The van der Waals surface area contributed by atoms with Gasteiger partial charge < -0.3 is 4.74 Å². The Morgan fingerprint density at radius 2 is 2.33 bits per heavy atom. The van der Waals surface area contributed by atoms with Gasteiger partial charge in [-0.1, -0.05) is 11.8 Å². The minimum Gasteiger partial charge on any atom is -0.376 e. The maximum atomic E-state index is 13.7. The minimum atomic E-state index is -0.475. The first-order chi connectivity index (χ1) is 10.2. The van der Waals surface area contributed by atoms with E-state index in [4.69, 9.17) is 4.74 Å². The molecule has 21 heavy (non-hydrogen) atoms. The van der Waals surface area contributed by atoms with Gasteiger partial charge in [0.2, 0.25) is 0 Å². The average molecular weight is 311 g/mol. The van der Waals surface area contributed by atoms with Crippen molar-refractivity contribution in [3.05, 3.63) is 35.4 Å². The van der Waals surface area contributed by atoms with Crippen LogP contribution in [-0.2, 0) is 4.74 Å². The first-order valence-electron chi connectivity index (χ1n) is 6.79. The van der Waals surface area contributed by atoms with Crippen molar-refractivity contribution < 1.29 is 13.5 Å². The summed E-state index contributed by atoms with van der Waals surface area (Å²) in [6, 6.07) is 3.36. The van der Waals surface area contributed by atoms with Crippen molar-refractivity contribution in [3.8, 4) is 0 Å². The van der Waals surface area contributed by atoms with Crippen LogP contribution < -0.4 is 5.43 Å². The summed E-state index contributed by atoms with van der Waals surface area (Å²) in [6.45, 7) is 1.41. The number of nitrogens with one attached hydrogen (secondary N) is 1. The van der Waals surface area contributed by atoms with Gasteiger partial charge in [-0.25, -0.2) is 8.78 Å². The van der Waals surface area contributed by atoms with E-state index in [0.717, 1.165) is 37.6 Å². The molecule has 0 amide bonds. The number of hydrogen-bond acceptors (Lipinski definition) is 4. The molecule has 0 aliphatic carbocycles. The third-order valence-electron chi connectivity index (χ3n) is 3.33. The summed E-state index contributed by atoms with van der Waals surface area (Å²) in [5, 5.41) is 4.78. The molecule has 0 aromatic heterocycles. The van der Waals surface area contributed by atoms with E-state index in [1.165, 1.54) is 11.8 Å². The number of rotatable bonds is 3. The fraction of sp³-hybridized carbons (Fsp3) is 0.429. The van der Waals surface area contributed by atoms with E-state index in [0.29, 0.717) is 23.2 Å². The van der Waals surface area contributed by atoms with Gasteiger partial charge in [-0.3, -0.25) is 10.4 Å². The van der Waals surface area contributed by atoms with E-state index in [-0.39, 0.29) is 11.7 Å². The Labute approximate surface area is 125 Å². The molecule has 0 radical (unpaired) electrons. The third-order valence-corrected chi connectivity index (χ3v) is 4.25. The maximum absolute atomic E-state index is 13.7. The quantitative estimate of drug-likeness (QED) is 0.933. The molecule has 0 saturated carbocycles. The SMILES string of the molecule is Fc1ccc(F)c(C2=NNC(=NC[C@H]3CCCO3)SC2)c1. The number of nitrogens with zero attached hydrogens (tertiary/aromatic N) is 2. The molecule has 4 nitrogen and oxygen atoms in total. The first-order valence-corrected chi connectivity index (χ1v) is 7.78. The van der Waals surface area contributed by atoms with E-state index in [2.05, 4.69) is 15.5 Å². The van der Waals surface area contributed by atoms with Crippen LogP contribution in [0.4, 0.5) is 8.78 Å². The lowest BCUT2D eigenvalue weighted by atomic mass is 10.1. The summed E-state index contributed by atoms with van der Waals surface area (Å²) in [5.74, 6) is -0.494. The van der Waals surface area contributed by atoms with Crippen molar-refractivity contribution in [2.75, 3.05) is 18.9 Å². The lowest BCUT2D eigenvalue weighted by Crippen LogP contribution is -2.27. The molecular weight excluding hydrogens is 296 g/mol. The van der Waals surface area contributed by atoms with E-state index in [9.17, 15) is 8.78 Å². The Hall–Kier alpha value is -1.47. The Morgan fingerprint density at radius 1 is 1.43 bits per heavy atom. The topological polar surface area (TPSA) is 46.0 Å². The van der Waals surface area contributed by atoms with Gasteiger partial charge in [0.15, 0.2) is 5.17 Å². The number of amidine groups is 1. The number of hydrazone groups is 1. The van der Waals surface area contributed by atoms with Gasteiger partial charge in [-0.15, -0.1) is 0 Å². The summed E-state index contributed by atoms with van der Waals surface area (Å²) in [4.78, 5) is 4.40. The van der Waals surface area contributed by atoms with E-state index < -0.39 is 11.6 Å². The van der Waals surface area contributed by atoms with Gasteiger partial charge in [0.25, 0.3) is 0 Å². The molecule has 0 bridgehead atoms. The Balaban J connectivity index is 1.65. The van der Waals surface area contributed by atoms with Gasteiger partial charge >= 0.3 is 0 Å². The van der Waals surface area contributed by atoms with Crippen molar-refractivity contribution in [1.82, 2.24) is 5.43 Å². The smallest absolute Gasteiger partial charge is 0.177 e. The number of benzene rings is 1. The van der Waals surface area contributed by atoms with E-state index in [1.54, 1.807) is 0 Å². The van der Waals surface area contributed by atoms with Gasteiger partial charge in [0.1, 0.15) is 11.6 Å². The van der Waals surface area contributed by atoms with Crippen molar-refractivity contribution in [2.45, 2.75) is 18.9 Å². The zero-order valence-electron chi connectivity index (χ0n) is 11.3. The molecule has 1 saturated heterocycles. The van der Waals surface area contributed by atoms with Crippen molar-refractivity contribution in [2.24, 2.45) is 10.1 Å². The maximum Gasteiger partial charge on any atom is 0.177 e. The molecule has 2 heterocycles. The minimum absolute atomic E-state index is 0.186. The van der Waals surface area contributed by atoms with Crippen molar-refractivity contribution in [3.63, 3.8) is 0 Å². The highest BCUT2D eigenvalue weighted by molar-refractivity contribution is 8.14. The van der Waals surface area contributed by atoms with E-state index in [1.807, 2.05) is 0 Å². The molecule has 1 fully saturated rings. The molecular formula is C14H15F2N3OS. The Kier molecular flexibility index (Phi) is 4.50. The number of hydrogen-bond donors (Lipinski definition) is 1. The fourth-order valence-corrected chi connectivity index (χ4v) is 3.00. The molecule has 0 spiro atoms. The van der Waals surface area contributed by atoms with Crippen LogP contribution in [0.5, 0.6) is 0 Å². The molecule has 2 aliphatic rings. The normalized spacial score (nSPS) is 24.0. The second-order valence-electron chi connectivity index (χ2n) is 4.86. The van der Waals surface area contributed by atoms with Crippen LogP contribution >= 0.6 is 11.8 Å². The zero-order valence-corrected chi connectivity index (χ0v) is 12.1. The van der Waals surface area contributed by atoms with E-state index >= 15 is 0 Å². The van der Waals surface area contributed by atoms with Crippen LogP contribution in [0.2, 0.25) is 0 Å². The standard InChI is InChI=1S/C14H15F2N3OS/c15-9-3-4-12(16)11(6-9)13-8-21-14(19-18-13)17-7-10-2-1-5-20-10/h3-4,6,10H,1-2,5,7-8H2,(H,17,19)/t10-/m1/s1.